The molecule has 4 aromatic rings. The summed E-state index contributed by atoms with van der Waals surface area (Å²) in [6.45, 7) is 4.02. The Bertz CT molecular complexity index is 1140. The van der Waals surface area contributed by atoms with Gasteiger partial charge in [-0.2, -0.15) is 0 Å². The van der Waals surface area contributed by atoms with E-state index in [2.05, 4.69) is 20.6 Å². The fourth-order valence-corrected chi connectivity index (χ4v) is 3.57. The van der Waals surface area contributed by atoms with Crippen LogP contribution >= 0.6 is 11.3 Å². The van der Waals surface area contributed by atoms with E-state index in [1.54, 1.807) is 12.4 Å². The van der Waals surface area contributed by atoms with Gasteiger partial charge in [0.15, 0.2) is 5.13 Å². The van der Waals surface area contributed by atoms with E-state index in [4.69, 9.17) is 0 Å². The van der Waals surface area contributed by atoms with Crippen LogP contribution in [0, 0.1) is 13.8 Å². The summed E-state index contributed by atoms with van der Waals surface area (Å²) in [4.78, 5) is 21.3. The van der Waals surface area contributed by atoms with Crippen molar-refractivity contribution in [2.75, 3.05) is 10.6 Å². The highest BCUT2D eigenvalue weighted by atomic mass is 32.1. The molecule has 0 saturated carbocycles. The first kappa shape index (κ1) is 18.8. The molecule has 0 aliphatic carbocycles. The predicted molar refractivity (Wildman–Crippen MR) is 119 cm³/mol. The molecule has 0 aliphatic rings. The molecule has 144 valence electrons. The molecular weight excluding hydrogens is 380 g/mol. The van der Waals surface area contributed by atoms with Crippen LogP contribution in [0.1, 0.15) is 21.5 Å². The molecule has 29 heavy (non-hydrogen) atoms. The molecule has 0 fully saturated rings. The van der Waals surface area contributed by atoms with Crippen molar-refractivity contribution in [2.24, 2.45) is 0 Å². The summed E-state index contributed by atoms with van der Waals surface area (Å²) in [5.74, 6) is -0.132. The summed E-state index contributed by atoms with van der Waals surface area (Å²) in [6, 6.07) is 17.2. The molecule has 0 aliphatic heterocycles. The van der Waals surface area contributed by atoms with Gasteiger partial charge in [0.25, 0.3) is 5.91 Å². The number of nitrogens with one attached hydrogen (secondary N) is 2. The van der Waals surface area contributed by atoms with Crippen LogP contribution in [0.4, 0.5) is 16.5 Å². The largest absolute Gasteiger partial charge is 0.331 e. The number of carbonyl (C=O) groups excluding carboxylic acids is 1. The standard InChI is InChI=1S/C23H20N4OS/c1-15-5-8-17(9-6-15)22(28)25-19-10-7-16(2)20(12-19)26-23-27-21(14-29-23)18-4-3-11-24-13-18/h3-14H,1-2H3,(H,25,28)(H,26,27). The first-order valence-electron chi connectivity index (χ1n) is 9.20. The maximum atomic E-state index is 12.5. The van der Waals surface area contributed by atoms with Crippen molar-refractivity contribution in [3.63, 3.8) is 0 Å². The van der Waals surface area contributed by atoms with E-state index >= 15 is 0 Å². The van der Waals surface area contributed by atoms with Crippen LogP contribution < -0.4 is 10.6 Å². The number of amides is 1. The molecule has 2 aromatic carbocycles. The Labute approximate surface area is 173 Å². The normalized spacial score (nSPS) is 10.6. The summed E-state index contributed by atoms with van der Waals surface area (Å²) in [5, 5.41) is 9.10. The molecule has 4 rings (SSSR count). The van der Waals surface area contributed by atoms with Gasteiger partial charge in [0.1, 0.15) is 0 Å². The first-order valence-corrected chi connectivity index (χ1v) is 10.1. The zero-order valence-corrected chi connectivity index (χ0v) is 17.0. The predicted octanol–water partition coefficient (Wildman–Crippen LogP) is 5.82. The number of carbonyl (C=O) groups is 1. The van der Waals surface area contributed by atoms with E-state index in [-0.39, 0.29) is 5.91 Å². The van der Waals surface area contributed by atoms with Gasteiger partial charge in [-0.1, -0.05) is 23.8 Å². The molecule has 0 saturated heterocycles. The Morgan fingerprint density at radius 3 is 2.62 bits per heavy atom. The summed E-state index contributed by atoms with van der Waals surface area (Å²) < 4.78 is 0. The average Bonchev–Trinajstić information content (AvgIpc) is 3.20. The number of benzene rings is 2. The zero-order chi connectivity index (χ0) is 20.2. The number of hydrogen-bond donors (Lipinski definition) is 2. The van der Waals surface area contributed by atoms with E-state index in [0.29, 0.717) is 5.56 Å². The Morgan fingerprint density at radius 1 is 1.03 bits per heavy atom. The summed E-state index contributed by atoms with van der Waals surface area (Å²) in [7, 11) is 0. The number of aromatic nitrogens is 2. The molecule has 0 unspecified atom stereocenters. The van der Waals surface area contributed by atoms with Crippen LogP contribution in [0.5, 0.6) is 0 Å². The lowest BCUT2D eigenvalue weighted by Crippen LogP contribution is -2.12. The molecule has 2 heterocycles. The topological polar surface area (TPSA) is 66.9 Å². The van der Waals surface area contributed by atoms with Gasteiger partial charge in [0.05, 0.1) is 5.69 Å². The Morgan fingerprint density at radius 2 is 1.86 bits per heavy atom. The highest BCUT2D eigenvalue weighted by Crippen LogP contribution is 2.29. The molecule has 0 radical (unpaired) electrons. The van der Waals surface area contributed by atoms with Gasteiger partial charge in [-0.05, 0) is 55.8 Å². The number of hydrogen-bond acceptors (Lipinski definition) is 5. The highest BCUT2D eigenvalue weighted by Gasteiger charge is 2.09. The number of pyridine rings is 1. The van der Waals surface area contributed by atoms with Crippen molar-refractivity contribution in [1.82, 2.24) is 9.97 Å². The van der Waals surface area contributed by atoms with Gasteiger partial charge in [-0.3, -0.25) is 9.78 Å². The van der Waals surface area contributed by atoms with Crippen molar-refractivity contribution >= 4 is 33.8 Å². The number of rotatable bonds is 5. The van der Waals surface area contributed by atoms with E-state index in [1.807, 2.05) is 73.8 Å². The van der Waals surface area contributed by atoms with Gasteiger partial charge in [0.2, 0.25) is 0 Å². The fraction of sp³-hybridized carbons (Fsp3) is 0.0870. The second-order valence-electron chi connectivity index (χ2n) is 6.75. The maximum Gasteiger partial charge on any atom is 0.255 e. The van der Waals surface area contributed by atoms with Crippen molar-refractivity contribution in [1.29, 1.82) is 0 Å². The summed E-state index contributed by atoms with van der Waals surface area (Å²) in [5.41, 5.74) is 6.31. The third kappa shape index (κ3) is 4.50. The van der Waals surface area contributed by atoms with E-state index in [9.17, 15) is 4.79 Å². The number of anilines is 3. The fourth-order valence-electron chi connectivity index (χ4n) is 2.84. The van der Waals surface area contributed by atoms with Crippen molar-refractivity contribution in [2.45, 2.75) is 13.8 Å². The Hall–Kier alpha value is -3.51. The second kappa shape index (κ2) is 8.24. The minimum atomic E-state index is -0.132. The zero-order valence-electron chi connectivity index (χ0n) is 16.1. The molecule has 2 aromatic heterocycles. The SMILES string of the molecule is Cc1ccc(C(=O)Nc2ccc(C)c(Nc3nc(-c4cccnc4)cs3)c2)cc1. The maximum absolute atomic E-state index is 12.5. The van der Waals surface area contributed by atoms with Gasteiger partial charge in [-0.25, -0.2) is 4.98 Å². The molecule has 0 atom stereocenters. The average molecular weight is 401 g/mol. The van der Waals surface area contributed by atoms with Crippen molar-refractivity contribution in [3.05, 3.63) is 89.1 Å². The quantitative estimate of drug-likeness (QED) is 0.443. The van der Waals surface area contributed by atoms with Crippen molar-refractivity contribution in [3.8, 4) is 11.3 Å². The minimum absolute atomic E-state index is 0.132. The molecule has 1 amide bonds. The van der Waals surface area contributed by atoms with Crippen LogP contribution in [-0.2, 0) is 0 Å². The molecular formula is C23H20N4OS. The first-order chi connectivity index (χ1) is 14.1. The summed E-state index contributed by atoms with van der Waals surface area (Å²) in [6.07, 6.45) is 3.54. The monoisotopic (exact) mass is 400 g/mol. The van der Waals surface area contributed by atoms with Gasteiger partial charge in [-0.15, -0.1) is 11.3 Å². The van der Waals surface area contributed by atoms with Crippen LogP contribution in [0.3, 0.4) is 0 Å². The third-order valence-electron chi connectivity index (χ3n) is 4.51. The van der Waals surface area contributed by atoms with Crippen LogP contribution in [0.15, 0.2) is 72.4 Å². The Kier molecular flexibility index (Phi) is 5.35. The van der Waals surface area contributed by atoms with Crippen molar-refractivity contribution < 1.29 is 4.79 Å². The highest BCUT2D eigenvalue weighted by molar-refractivity contribution is 7.14. The Balaban J connectivity index is 1.51. The van der Waals surface area contributed by atoms with Gasteiger partial charge < -0.3 is 10.6 Å². The number of aryl methyl sites for hydroxylation is 2. The minimum Gasteiger partial charge on any atom is -0.331 e. The number of nitrogens with zero attached hydrogens (tertiary/aromatic N) is 2. The smallest absolute Gasteiger partial charge is 0.255 e. The molecule has 5 nitrogen and oxygen atoms in total. The summed E-state index contributed by atoms with van der Waals surface area (Å²) >= 11 is 1.53. The molecule has 2 N–H and O–H groups in total. The third-order valence-corrected chi connectivity index (χ3v) is 5.27. The van der Waals surface area contributed by atoms with Crippen LogP contribution in [0.25, 0.3) is 11.3 Å². The van der Waals surface area contributed by atoms with E-state index in [1.165, 1.54) is 11.3 Å². The van der Waals surface area contributed by atoms with Crippen LogP contribution in [-0.4, -0.2) is 15.9 Å². The van der Waals surface area contributed by atoms with E-state index < -0.39 is 0 Å². The lowest BCUT2D eigenvalue weighted by atomic mass is 10.1. The molecule has 0 spiro atoms. The number of thiazole rings is 1. The van der Waals surface area contributed by atoms with Gasteiger partial charge >= 0.3 is 0 Å². The van der Waals surface area contributed by atoms with Crippen LogP contribution in [0.2, 0.25) is 0 Å². The lowest BCUT2D eigenvalue weighted by Gasteiger charge is -2.11. The van der Waals surface area contributed by atoms with Gasteiger partial charge in [0, 0.05) is 40.3 Å². The molecule has 6 heteroatoms. The molecule has 0 bridgehead atoms. The second-order valence-corrected chi connectivity index (χ2v) is 7.61. The van der Waals surface area contributed by atoms with E-state index in [0.717, 1.165) is 38.9 Å². The lowest BCUT2D eigenvalue weighted by molar-refractivity contribution is 0.102.